The molecule has 2 heteroatoms. The van der Waals surface area contributed by atoms with Gasteiger partial charge in [0, 0.05) is 17.8 Å². The van der Waals surface area contributed by atoms with Crippen molar-refractivity contribution in [2.24, 2.45) is 0 Å². The van der Waals surface area contributed by atoms with Gasteiger partial charge in [-0.05, 0) is 75.2 Å². The molecule has 2 nitrogen and oxygen atoms in total. The highest BCUT2D eigenvalue weighted by Gasteiger charge is 2.27. The first-order chi connectivity index (χ1) is 10.4. The number of nitrogens with zero attached hydrogens (tertiary/aromatic N) is 2. The van der Waals surface area contributed by atoms with Crippen LogP contribution in [0.25, 0.3) is 10.9 Å². The predicted octanol–water partition coefficient (Wildman–Crippen LogP) is 4.39. The molecule has 2 fully saturated rings. The van der Waals surface area contributed by atoms with Crippen molar-refractivity contribution in [1.82, 2.24) is 9.47 Å². The highest BCUT2D eigenvalue weighted by Crippen LogP contribution is 2.42. The lowest BCUT2D eigenvalue weighted by Crippen LogP contribution is -2.31. The summed E-state index contributed by atoms with van der Waals surface area (Å²) in [7, 11) is 0. The zero-order valence-corrected chi connectivity index (χ0v) is 12.9. The Morgan fingerprint density at radius 3 is 2.57 bits per heavy atom. The molecule has 2 heterocycles. The third-order valence-corrected chi connectivity index (χ3v) is 5.14. The number of benzene rings is 1. The van der Waals surface area contributed by atoms with Crippen LogP contribution >= 0.6 is 0 Å². The number of hydrogen-bond acceptors (Lipinski definition) is 1. The van der Waals surface area contributed by atoms with E-state index in [9.17, 15) is 0 Å². The maximum atomic E-state index is 2.66. The second-order valence-corrected chi connectivity index (χ2v) is 6.81. The average Bonchev–Trinajstić information content (AvgIpc) is 3.31. The van der Waals surface area contributed by atoms with Gasteiger partial charge < -0.3 is 9.47 Å². The number of rotatable bonds is 5. The lowest BCUT2D eigenvalue weighted by molar-refractivity contribution is 0.223. The van der Waals surface area contributed by atoms with Crippen molar-refractivity contribution in [3.05, 3.63) is 36.0 Å². The Labute approximate surface area is 127 Å². The van der Waals surface area contributed by atoms with Crippen molar-refractivity contribution < 1.29 is 0 Å². The Kier molecular flexibility index (Phi) is 3.72. The van der Waals surface area contributed by atoms with Gasteiger partial charge >= 0.3 is 0 Å². The number of hydrogen-bond donors (Lipinski definition) is 0. The molecule has 0 unspecified atom stereocenters. The Morgan fingerprint density at radius 1 is 0.952 bits per heavy atom. The van der Waals surface area contributed by atoms with E-state index in [0.29, 0.717) is 0 Å². The number of piperidine rings is 1. The van der Waals surface area contributed by atoms with Gasteiger partial charge in [0.15, 0.2) is 0 Å². The van der Waals surface area contributed by atoms with Gasteiger partial charge in [0.1, 0.15) is 0 Å². The second kappa shape index (κ2) is 5.84. The van der Waals surface area contributed by atoms with E-state index in [1.165, 1.54) is 75.6 Å². The maximum absolute atomic E-state index is 2.66. The van der Waals surface area contributed by atoms with E-state index in [0.717, 1.165) is 5.92 Å². The number of para-hydroxylation sites is 1. The molecule has 0 bridgehead atoms. The van der Waals surface area contributed by atoms with Crippen LogP contribution in [0.15, 0.2) is 30.3 Å². The number of aryl methyl sites for hydroxylation is 1. The summed E-state index contributed by atoms with van der Waals surface area (Å²) in [6.45, 7) is 5.11. The zero-order valence-electron chi connectivity index (χ0n) is 12.9. The van der Waals surface area contributed by atoms with Crippen LogP contribution in [0.5, 0.6) is 0 Å². The predicted molar refractivity (Wildman–Crippen MR) is 88.8 cm³/mol. The van der Waals surface area contributed by atoms with E-state index >= 15 is 0 Å². The smallest absolute Gasteiger partial charge is 0.0482 e. The van der Waals surface area contributed by atoms with Gasteiger partial charge in [-0.2, -0.15) is 0 Å². The fourth-order valence-electron chi connectivity index (χ4n) is 3.83. The molecule has 1 saturated carbocycles. The summed E-state index contributed by atoms with van der Waals surface area (Å²) in [6.07, 6.45) is 8.31. The quantitative estimate of drug-likeness (QED) is 0.789. The second-order valence-electron chi connectivity index (χ2n) is 6.81. The molecule has 1 aliphatic heterocycles. The van der Waals surface area contributed by atoms with Crippen molar-refractivity contribution >= 4 is 10.9 Å². The molecule has 1 aromatic heterocycles. The van der Waals surface area contributed by atoms with Gasteiger partial charge in [0.05, 0.1) is 0 Å². The van der Waals surface area contributed by atoms with Crippen LogP contribution in [0.4, 0.5) is 0 Å². The third kappa shape index (κ3) is 2.87. The molecule has 4 rings (SSSR count). The minimum absolute atomic E-state index is 0.840. The minimum Gasteiger partial charge on any atom is -0.344 e. The monoisotopic (exact) mass is 282 g/mol. The number of fused-ring (bicyclic) bond motifs is 1. The molecular formula is C19H26N2. The molecule has 0 amide bonds. The zero-order chi connectivity index (χ0) is 14.1. The van der Waals surface area contributed by atoms with E-state index in [1.54, 1.807) is 5.69 Å². The molecule has 2 aromatic rings. The first-order valence-corrected chi connectivity index (χ1v) is 8.72. The fourth-order valence-corrected chi connectivity index (χ4v) is 3.83. The van der Waals surface area contributed by atoms with Crippen LogP contribution in [0, 0.1) is 0 Å². The molecule has 0 atom stereocenters. The van der Waals surface area contributed by atoms with Gasteiger partial charge in [0.25, 0.3) is 0 Å². The Hall–Kier alpha value is -1.28. The minimum atomic E-state index is 0.840. The summed E-state index contributed by atoms with van der Waals surface area (Å²) in [4.78, 5) is 2.66. The van der Waals surface area contributed by atoms with Crippen LogP contribution in [0.3, 0.4) is 0 Å². The number of likely N-dealkylation sites (tertiary alicyclic amines) is 1. The van der Waals surface area contributed by atoms with Crippen LogP contribution in [0.1, 0.15) is 50.1 Å². The third-order valence-electron chi connectivity index (χ3n) is 5.14. The van der Waals surface area contributed by atoms with Crippen LogP contribution < -0.4 is 0 Å². The highest BCUT2D eigenvalue weighted by atomic mass is 15.1. The molecule has 21 heavy (non-hydrogen) atoms. The summed E-state index contributed by atoms with van der Waals surface area (Å²) >= 11 is 0. The standard InChI is InChI=1S/C19H26N2/c1-4-11-20(12-5-1)13-6-14-21-18-8-3-2-7-17(18)15-19(21)16-9-10-16/h2-3,7-8,15-16H,1,4-6,9-14H2. The highest BCUT2D eigenvalue weighted by molar-refractivity contribution is 5.81. The molecule has 112 valence electrons. The van der Waals surface area contributed by atoms with Gasteiger partial charge in [-0.25, -0.2) is 0 Å². The molecule has 1 saturated heterocycles. The lowest BCUT2D eigenvalue weighted by atomic mass is 10.1. The van der Waals surface area contributed by atoms with Crippen LogP contribution in [-0.2, 0) is 6.54 Å². The van der Waals surface area contributed by atoms with Crippen molar-refractivity contribution in [3.63, 3.8) is 0 Å². The molecule has 1 aliphatic carbocycles. The molecular weight excluding hydrogens is 256 g/mol. The first kappa shape index (κ1) is 13.4. The maximum Gasteiger partial charge on any atom is 0.0482 e. The summed E-state index contributed by atoms with van der Waals surface area (Å²) in [6, 6.07) is 11.3. The van der Waals surface area contributed by atoms with E-state index in [2.05, 4.69) is 39.8 Å². The van der Waals surface area contributed by atoms with Gasteiger partial charge in [-0.15, -0.1) is 0 Å². The molecule has 1 aromatic carbocycles. The Bertz CT molecular complexity index is 603. The summed E-state index contributed by atoms with van der Waals surface area (Å²) in [5.74, 6) is 0.840. The van der Waals surface area contributed by atoms with Crippen molar-refractivity contribution in [2.45, 2.75) is 51.0 Å². The summed E-state index contributed by atoms with van der Waals surface area (Å²) in [5.41, 5.74) is 3.04. The summed E-state index contributed by atoms with van der Waals surface area (Å²) < 4.78 is 2.61. The van der Waals surface area contributed by atoms with Crippen molar-refractivity contribution in [2.75, 3.05) is 19.6 Å². The summed E-state index contributed by atoms with van der Waals surface area (Å²) in [5, 5.41) is 1.43. The van der Waals surface area contributed by atoms with Crippen molar-refractivity contribution in [3.8, 4) is 0 Å². The normalized spacial score (nSPS) is 20.2. The van der Waals surface area contributed by atoms with E-state index < -0.39 is 0 Å². The van der Waals surface area contributed by atoms with Gasteiger partial charge in [-0.1, -0.05) is 24.6 Å². The van der Waals surface area contributed by atoms with Crippen LogP contribution in [0.2, 0.25) is 0 Å². The number of aromatic nitrogens is 1. The molecule has 2 aliphatic rings. The van der Waals surface area contributed by atoms with E-state index in [1.807, 2.05) is 0 Å². The van der Waals surface area contributed by atoms with E-state index in [4.69, 9.17) is 0 Å². The molecule has 0 N–H and O–H groups in total. The Balaban J connectivity index is 1.48. The largest absolute Gasteiger partial charge is 0.344 e. The SMILES string of the molecule is c1ccc2c(c1)cc(C1CC1)n2CCCN1CCCCC1. The van der Waals surface area contributed by atoms with Gasteiger partial charge in [-0.3, -0.25) is 0 Å². The molecule has 0 radical (unpaired) electrons. The topological polar surface area (TPSA) is 8.17 Å². The van der Waals surface area contributed by atoms with E-state index in [-0.39, 0.29) is 0 Å². The average molecular weight is 282 g/mol. The lowest BCUT2D eigenvalue weighted by Gasteiger charge is -2.26. The van der Waals surface area contributed by atoms with Crippen LogP contribution in [-0.4, -0.2) is 29.1 Å². The van der Waals surface area contributed by atoms with Crippen molar-refractivity contribution in [1.29, 1.82) is 0 Å². The Morgan fingerprint density at radius 2 is 1.76 bits per heavy atom. The fraction of sp³-hybridized carbons (Fsp3) is 0.579. The first-order valence-electron chi connectivity index (χ1n) is 8.72. The van der Waals surface area contributed by atoms with Gasteiger partial charge in [0.2, 0.25) is 0 Å². The molecule has 0 spiro atoms.